The van der Waals surface area contributed by atoms with E-state index in [0.29, 0.717) is 45.1 Å². The molecule has 2 aromatic rings. The predicted molar refractivity (Wildman–Crippen MR) is 186 cm³/mol. The third kappa shape index (κ3) is 13.5. The van der Waals surface area contributed by atoms with E-state index in [9.17, 15) is 9.59 Å². The molecule has 250 valence electrons. The minimum atomic E-state index is -0.975. The van der Waals surface area contributed by atoms with Crippen LogP contribution < -0.4 is 55.3 Å². The lowest BCUT2D eigenvalue weighted by molar-refractivity contribution is -0.132. The van der Waals surface area contributed by atoms with Crippen LogP contribution in [0.2, 0.25) is 0 Å². The molecule has 2 amide bonds. The second kappa shape index (κ2) is 18.7. The normalized spacial score (nSPS) is 11.6. The van der Waals surface area contributed by atoms with Crippen LogP contribution in [0.3, 0.4) is 0 Å². The Morgan fingerprint density at radius 3 is 1.09 bits per heavy atom. The lowest BCUT2D eigenvalue weighted by Gasteiger charge is -2.13. The maximum Gasteiger partial charge on any atom is 0.314 e. The molecule has 0 spiro atoms. The van der Waals surface area contributed by atoms with Crippen LogP contribution in [0.5, 0.6) is 0 Å². The topological polar surface area (TPSA) is 355 Å². The predicted octanol–water partition coefficient (Wildman–Crippen LogP) is -0.619. The van der Waals surface area contributed by atoms with E-state index in [0.717, 1.165) is 6.34 Å². The molecular formula is C27H40N18O2. The fraction of sp³-hybridized carbons (Fsp3) is 0.185. The van der Waals surface area contributed by atoms with Crippen molar-refractivity contribution in [2.24, 2.45) is 43.3 Å². The molecule has 20 heteroatoms. The smallest absolute Gasteiger partial charge is 0.314 e. The third-order valence-corrected chi connectivity index (χ3v) is 5.57. The van der Waals surface area contributed by atoms with E-state index in [1.54, 1.807) is 71.1 Å². The summed E-state index contributed by atoms with van der Waals surface area (Å²) >= 11 is 0. The van der Waals surface area contributed by atoms with Gasteiger partial charge in [-0.25, -0.2) is 16.3 Å². The molecule has 0 saturated heterocycles. The zero-order valence-corrected chi connectivity index (χ0v) is 26.5. The minimum absolute atomic E-state index is 0.233. The first-order chi connectivity index (χ1) is 22.1. The van der Waals surface area contributed by atoms with Gasteiger partial charge in [-0.2, -0.15) is 20.4 Å². The number of carbonyl (C=O) groups excluding carboxylic acids is 2. The number of benzene rings is 2. The van der Waals surface area contributed by atoms with Gasteiger partial charge in [-0.15, -0.1) is 0 Å². The molecule has 0 bridgehead atoms. The van der Waals surface area contributed by atoms with Gasteiger partial charge < -0.3 is 39.0 Å². The standard InChI is InChI=1S/C26H36N16O2.CH4N2/c1-12(36-33-5)16-6-17(13(2)37-40-24(27)28)9-20(8-16)34-22(43)23(44)35-21-10-18(14(3)38-41-25(29)30)7-19(11-21)15(4)39-42-26(31)32;2-1-3/h6-11,33H,1-5H3,(H,34,43)(H,35,44)(H4,27,28,40)(H4,29,30,41)(H4,31,32,42);1H,(H3,2,3)/b36-12-,37-13-,38-14-,39-15+;. The molecule has 0 aromatic heterocycles. The first-order valence-electron chi connectivity index (χ1n) is 13.4. The molecule has 0 aliphatic heterocycles. The highest BCUT2D eigenvalue weighted by molar-refractivity contribution is 6.43. The van der Waals surface area contributed by atoms with Gasteiger partial charge in [0.25, 0.3) is 0 Å². The highest BCUT2D eigenvalue weighted by atomic mass is 16.2. The summed E-state index contributed by atoms with van der Waals surface area (Å²) in [7, 11) is 1.64. The molecule has 2 rings (SSSR count). The largest absolute Gasteiger partial charge is 0.390 e. The van der Waals surface area contributed by atoms with Crippen molar-refractivity contribution in [1.29, 1.82) is 21.6 Å². The molecule has 0 aliphatic rings. The van der Waals surface area contributed by atoms with Crippen LogP contribution in [0.15, 0.2) is 56.8 Å². The van der Waals surface area contributed by atoms with Gasteiger partial charge in [0.2, 0.25) is 17.9 Å². The average Bonchev–Trinajstić information content (AvgIpc) is 3.01. The molecular weight excluding hydrogens is 608 g/mol. The highest BCUT2D eigenvalue weighted by Crippen LogP contribution is 2.19. The molecule has 0 radical (unpaired) electrons. The van der Waals surface area contributed by atoms with Crippen molar-refractivity contribution in [3.05, 3.63) is 58.7 Å². The van der Waals surface area contributed by atoms with Crippen LogP contribution in [0.1, 0.15) is 49.9 Å². The number of nitrogens with zero attached hydrogens (tertiary/aromatic N) is 4. The van der Waals surface area contributed by atoms with Crippen LogP contribution >= 0.6 is 0 Å². The monoisotopic (exact) mass is 648 g/mol. The summed E-state index contributed by atoms with van der Waals surface area (Å²) in [6.07, 6.45) is 0.750. The quantitative estimate of drug-likeness (QED) is 0.0669. The van der Waals surface area contributed by atoms with Gasteiger partial charge in [0.1, 0.15) is 0 Å². The highest BCUT2D eigenvalue weighted by Gasteiger charge is 2.17. The summed E-state index contributed by atoms with van der Waals surface area (Å²) in [5.74, 6) is -3.03. The number of nitrogens with two attached hydrogens (primary N) is 4. The number of nitrogens with one attached hydrogen (secondary N) is 10. The van der Waals surface area contributed by atoms with E-state index >= 15 is 0 Å². The Morgan fingerprint density at radius 1 is 0.596 bits per heavy atom. The average molecular weight is 649 g/mol. The van der Waals surface area contributed by atoms with E-state index in [4.69, 9.17) is 38.8 Å². The molecule has 20 nitrogen and oxygen atoms in total. The Balaban J connectivity index is 0.00000354. The molecule has 0 atom stereocenters. The Morgan fingerprint density at radius 2 is 0.851 bits per heavy atom. The van der Waals surface area contributed by atoms with E-state index in [-0.39, 0.29) is 29.3 Å². The van der Waals surface area contributed by atoms with Gasteiger partial charge >= 0.3 is 11.8 Å². The Kier molecular flexibility index (Phi) is 15.2. The van der Waals surface area contributed by atoms with Crippen LogP contribution in [-0.4, -0.2) is 65.9 Å². The molecule has 0 unspecified atom stereocenters. The Hall–Kier alpha value is -6.86. The minimum Gasteiger partial charge on any atom is -0.390 e. The van der Waals surface area contributed by atoms with Gasteiger partial charge in [-0.1, -0.05) is 0 Å². The molecule has 2 aromatic carbocycles. The lowest BCUT2D eigenvalue weighted by atomic mass is 10.0. The van der Waals surface area contributed by atoms with Gasteiger partial charge in [0, 0.05) is 40.7 Å². The summed E-state index contributed by atoms with van der Waals surface area (Å²) in [6.45, 7) is 6.73. The van der Waals surface area contributed by atoms with Crippen LogP contribution in [0.4, 0.5) is 11.4 Å². The van der Waals surface area contributed by atoms with Crippen LogP contribution in [0.25, 0.3) is 0 Å². The van der Waals surface area contributed by atoms with Crippen molar-refractivity contribution in [1.82, 2.24) is 21.7 Å². The summed E-state index contributed by atoms with van der Waals surface area (Å²) in [5, 5.41) is 49.3. The number of anilines is 2. The number of guanidine groups is 3. The van der Waals surface area contributed by atoms with Crippen molar-refractivity contribution in [3.63, 3.8) is 0 Å². The number of carbonyl (C=O) groups is 2. The zero-order chi connectivity index (χ0) is 35.7. The fourth-order valence-electron chi connectivity index (χ4n) is 3.47. The zero-order valence-electron chi connectivity index (χ0n) is 26.5. The summed E-state index contributed by atoms with van der Waals surface area (Å²) in [5.41, 5.74) is 34.7. The molecule has 0 heterocycles. The van der Waals surface area contributed by atoms with Gasteiger partial charge in [-0.05, 0) is 64.1 Å². The number of hydrazone groups is 4. The number of rotatable bonds is 10. The van der Waals surface area contributed by atoms with E-state index in [1.807, 2.05) is 0 Å². The van der Waals surface area contributed by atoms with Crippen molar-refractivity contribution in [2.75, 3.05) is 17.7 Å². The van der Waals surface area contributed by atoms with E-state index in [2.05, 4.69) is 58.5 Å². The number of hydrogen-bond donors (Lipinski definition) is 14. The van der Waals surface area contributed by atoms with Crippen molar-refractivity contribution < 1.29 is 9.59 Å². The SMILES string of the molecule is CN/N=C(/C)c1cc(NC(=O)C(=O)Nc2cc(/C(C)=N\NC(=N)N)cc(/C(C)=N/NC(=N)N)c2)cc(/C(C)=N\NC(=N)N)c1.N=CN. The van der Waals surface area contributed by atoms with E-state index < -0.39 is 11.8 Å². The Labute approximate surface area is 270 Å². The molecule has 0 saturated carbocycles. The Bertz CT molecular complexity index is 1590. The summed E-state index contributed by atoms with van der Waals surface area (Å²) in [4.78, 5) is 26.0. The molecule has 0 aliphatic carbocycles. The third-order valence-electron chi connectivity index (χ3n) is 5.57. The van der Waals surface area contributed by atoms with Crippen molar-refractivity contribution in [3.8, 4) is 0 Å². The first-order valence-corrected chi connectivity index (χ1v) is 13.4. The molecule has 18 N–H and O–H groups in total. The lowest BCUT2D eigenvalue weighted by Crippen LogP contribution is -2.29. The van der Waals surface area contributed by atoms with Crippen LogP contribution in [-0.2, 0) is 9.59 Å². The van der Waals surface area contributed by atoms with Crippen molar-refractivity contribution >= 4 is 70.3 Å². The van der Waals surface area contributed by atoms with Gasteiger partial charge in [-0.3, -0.25) is 31.2 Å². The van der Waals surface area contributed by atoms with Crippen molar-refractivity contribution in [2.45, 2.75) is 27.7 Å². The van der Waals surface area contributed by atoms with Gasteiger partial charge in [0.15, 0.2) is 0 Å². The van der Waals surface area contributed by atoms with Gasteiger partial charge in [0.05, 0.1) is 29.2 Å². The molecule has 0 fully saturated rings. The molecule has 47 heavy (non-hydrogen) atoms. The van der Waals surface area contributed by atoms with E-state index in [1.165, 1.54) is 0 Å². The van der Waals surface area contributed by atoms with Crippen LogP contribution in [0, 0.1) is 21.6 Å². The first kappa shape index (κ1) is 38.2. The number of hydrogen-bond acceptors (Lipinski definition) is 11. The summed E-state index contributed by atoms with van der Waals surface area (Å²) < 4.78 is 0. The maximum absolute atomic E-state index is 13.0. The maximum atomic E-state index is 13.0. The second-order valence-corrected chi connectivity index (χ2v) is 9.26. The fourth-order valence-corrected chi connectivity index (χ4v) is 3.47. The number of amides is 2. The second-order valence-electron chi connectivity index (χ2n) is 9.26. The summed E-state index contributed by atoms with van der Waals surface area (Å²) in [6, 6.07) is 9.85.